The summed E-state index contributed by atoms with van der Waals surface area (Å²) in [6, 6.07) is 9.40. The number of nitriles is 1. The van der Waals surface area contributed by atoms with E-state index >= 15 is 0 Å². The molecule has 1 aromatic carbocycles. The van der Waals surface area contributed by atoms with Crippen molar-refractivity contribution in [1.82, 2.24) is 0 Å². The first-order valence-corrected chi connectivity index (χ1v) is 6.06. The van der Waals surface area contributed by atoms with Crippen molar-refractivity contribution < 1.29 is 14.6 Å². The summed E-state index contributed by atoms with van der Waals surface area (Å²) in [6.07, 6.45) is 0.0697. The maximum absolute atomic E-state index is 9.02. The standard InChI is InChI=1S/C14H19NO3/c1-11(2)18-13-6-4-12(5-7-13)14(10-15)17-9-3-8-16/h4-7,11,14,16H,3,8-9H2,1-2H3. The summed E-state index contributed by atoms with van der Waals surface area (Å²) in [7, 11) is 0. The van der Waals surface area contributed by atoms with E-state index in [0.717, 1.165) is 11.3 Å². The van der Waals surface area contributed by atoms with Gasteiger partial charge in [-0.3, -0.25) is 0 Å². The number of aliphatic hydroxyl groups excluding tert-OH is 1. The fourth-order valence-electron chi connectivity index (χ4n) is 1.47. The molecule has 4 nitrogen and oxygen atoms in total. The Labute approximate surface area is 108 Å². The summed E-state index contributed by atoms with van der Waals surface area (Å²) in [5.41, 5.74) is 0.798. The third kappa shape index (κ3) is 4.74. The number of hydrogen-bond acceptors (Lipinski definition) is 4. The van der Waals surface area contributed by atoms with Crippen molar-refractivity contribution in [2.45, 2.75) is 32.5 Å². The van der Waals surface area contributed by atoms with Crippen LogP contribution in [0.1, 0.15) is 31.9 Å². The lowest BCUT2D eigenvalue weighted by Crippen LogP contribution is -2.07. The molecule has 0 aliphatic rings. The van der Waals surface area contributed by atoms with Crippen molar-refractivity contribution in [1.29, 1.82) is 5.26 Å². The van der Waals surface area contributed by atoms with Gasteiger partial charge in [-0.15, -0.1) is 0 Å². The van der Waals surface area contributed by atoms with Crippen LogP contribution in [0.3, 0.4) is 0 Å². The van der Waals surface area contributed by atoms with E-state index < -0.39 is 6.10 Å². The van der Waals surface area contributed by atoms with Gasteiger partial charge < -0.3 is 14.6 Å². The highest BCUT2D eigenvalue weighted by molar-refractivity contribution is 5.30. The third-order valence-corrected chi connectivity index (χ3v) is 2.26. The molecule has 0 fully saturated rings. The molecule has 1 aromatic rings. The average Bonchev–Trinajstić information content (AvgIpc) is 2.35. The second-order valence-corrected chi connectivity index (χ2v) is 4.19. The van der Waals surface area contributed by atoms with Crippen LogP contribution in [-0.2, 0) is 4.74 Å². The van der Waals surface area contributed by atoms with Crippen LogP contribution in [0, 0.1) is 11.3 Å². The number of nitrogens with zero attached hydrogens (tertiary/aromatic N) is 1. The minimum atomic E-state index is -0.593. The predicted molar refractivity (Wildman–Crippen MR) is 68.2 cm³/mol. The lowest BCUT2D eigenvalue weighted by Gasteiger charge is -2.13. The lowest BCUT2D eigenvalue weighted by molar-refractivity contribution is 0.0773. The van der Waals surface area contributed by atoms with E-state index in [-0.39, 0.29) is 12.7 Å². The van der Waals surface area contributed by atoms with Gasteiger partial charge in [-0.05, 0) is 38.0 Å². The van der Waals surface area contributed by atoms with E-state index in [2.05, 4.69) is 6.07 Å². The normalized spacial score (nSPS) is 12.2. The predicted octanol–water partition coefficient (Wildman–Crippen LogP) is 2.44. The topological polar surface area (TPSA) is 62.5 Å². The molecule has 0 saturated carbocycles. The molecule has 0 saturated heterocycles. The summed E-state index contributed by atoms with van der Waals surface area (Å²) in [5, 5.41) is 17.7. The Morgan fingerprint density at radius 3 is 2.44 bits per heavy atom. The maximum atomic E-state index is 9.02. The Hall–Kier alpha value is -1.57. The largest absolute Gasteiger partial charge is 0.491 e. The van der Waals surface area contributed by atoms with Crippen molar-refractivity contribution >= 4 is 0 Å². The van der Waals surface area contributed by atoms with Gasteiger partial charge in [0.15, 0.2) is 6.10 Å². The van der Waals surface area contributed by atoms with Crippen molar-refractivity contribution in [3.05, 3.63) is 29.8 Å². The number of ether oxygens (including phenoxy) is 2. The number of aliphatic hydroxyl groups is 1. The smallest absolute Gasteiger partial charge is 0.169 e. The van der Waals surface area contributed by atoms with Gasteiger partial charge in [0.25, 0.3) is 0 Å². The highest BCUT2D eigenvalue weighted by Gasteiger charge is 2.10. The van der Waals surface area contributed by atoms with Crippen molar-refractivity contribution in [2.24, 2.45) is 0 Å². The summed E-state index contributed by atoms with van der Waals surface area (Å²) >= 11 is 0. The van der Waals surface area contributed by atoms with Crippen molar-refractivity contribution in [3.8, 4) is 11.8 Å². The molecule has 0 heterocycles. The van der Waals surface area contributed by atoms with Gasteiger partial charge in [0.2, 0.25) is 0 Å². The molecular weight excluding hydrogens is 230 g/mol. The minimum absolute atomic E-state index is 0.0688. The zero-order chi connectivity index (χ0) is 13.4. The number of rotatable bonds is 7. The van der Waals surface area contributed by atoms with Gasteiger partial charge >= 0.3 is 0 Å². The van der Waals surface area contributed by atoms with Crippen LogP contribution < -0.4 is 4.74 Å². The molecule has 0 aromatic heterocycles. The average molecular weight is 249 g/mol. The molecule has 1 N–H and O–H groups in total. The SMILES string of the molecule is CC(C)Oc1ccc(C(C#N)OCCCO)cc1. The molecule has 1 rings (SSSR count). The molecule has 0 bridgehead atoms. The molecule has 0 amide bonds. The van der Waals surface area contributed by atoms with Crippen LogP contribution >= 0.6 is 0 Å². The summed E-state index contributed by atoms with van der Waals surface area (Å²) in [5.74, 6) is 0.779. The molecule has 4 heteroatoms. The lowest BCUT2D eigenvalue weighted by atomic mass is 10.1. The Morgan fingerprint density at radius 2 is 1.94 bits per heavy atom. The second-order valence-electron chi connectivity index (χ2n) is 4.19. The van der Waals surface area contributed by atoms with Crippen molar-refractivity contribution in [3.63, 3.8) is 0 Å². The summed E-state index contributed by atoms with van der Waals surface area (Å²) in [4.78, 5) is 0. The molecular formula is C14H19NO3. The van der Waals surface area contributed by atoms with Gasteiger partial charge in [0.05, 0.1) is 18.8 Å². The highest BCUT2D eigenvalue weighted by Crippen LogP contribution is 2.21. The van der Waals surface area contributed by atoms with E-state index in [9.17, 15) is 0 Å². The van der Waals surface area contributed by atoms with Crippen molar-refractivity contribution in [2.75, 3.05) is 13.2 Å². The van der Waals surface area contributed by atoms with E-state index in [1.165, 1.54) is 0 Å². The molecule has 0 aliphatic heterocycles. The van der Waals surface area contributed by atoms with Gasteiger partial charge in [0, 0.05) is 6.61 Å². The van der Waals surface area contributed by atoms with Gasteiger partial charge in [-0.2, -0.15) is 5.26 Å². The maximum Gasteiger partial charge on any atom is 0.169 e. The van der Waals surface area contributed by atoms with Crippen LogP contribution in [0.2, 0.25) is 0 Å². The van der Waals surface area contributed by atoms with Crippen LogP contribution in [0.15, 0.2) is 24.3 Å². The first kappa shape index (κ1) is 14.5. The molecule has 98 valence electrons. The number of benzene rings is 1. The zero-order valence-electron chi connectivity index (χ0n) is 10.8. The molecule has 0 spiro atoms. The third-order valence-electron chi connectivity index (χ3n) is 2.26. The first-order chi connectivity index (χ1) is 8.67. The van der Waals surface area contributed by atoms with E-state index in [0.29, 0.717) is 13.0 Å². The van der Waals surface area contributed by atoms with Crippen LogP contribution in [0.25, 0.3) is 0 Å². The van der Waals surface area contributed by atoms with Crippen LogP contribution in [0.5, 0.6) is 5.75 Å². The molecule has 1 atom stereocenters. The molecule has 0 radical (unpaired) electrons. The molecule has 0 aliphatic carbocycles. The molecule has 18 heavy (non-hydrogen) atoms. The van der Waals surface area contributed by atoms with E-state index in [1.807, 2.05) is 38.1 Å². The van der Waals surface area contributed by atoms with Gasteiger partial charge in [-0.25, -0.2) is 0 Å². The Balaban J connectivity index is 2.61. The first-order valence-electron chi connectivity index (χ1n) is 6.06. The number of hydrogen-bond donors (Lipinski definition) is 1. The van der Waals surface area contributed by atoms with E-state index in [1.54, 1.807) is 0 Å². The Kier molecular flexibility index (Phi) is 6.20. The highest BCUT2D eigenvalue weighted by atomic mass is 16.5. The van der Waals surface area contributed by atoms with Gasteiger partial charge in [-0.1, -0.05) is 12.1 Å². The quantitative estimate of drug-likeness (QED) is 0.754. The van der Waals surface area contributed by atoms with Crippen LogP contribution in [0.4, 0.5) is 0 Å². The van der Waals surface area contributed by atoms with Gasteiger partial charge in [0.1, 0.15) is 5.75 Å². The minimum Gasteiger partial charge on any atom is -0.491 e. The monoisotopic (exact) mass is 249 g/mol. The zero-order valence-corrected chi connectivity index (χ0v) is 10.8. The Bertz CT molecular complexity index is 381. The fraction of sp³-hybridized carbons (Fsp3) is 0.500. The molecule has 1 unspecified atom stereocenters. The summed E-state index contributed by atoms with van der Waals surface area (Å²) in [6.45, 7) is 4.37. The fourth-order valence-corrected chi connectivity index (χ4v) is 1.47. The van der Waals surface area contributed by atoms with Crippen LogP contribution in [-0.4, -0.2) is 24.4 Å². The second kappa shape index (κ2) is 7.70. The van der Waals surface area contributed by atoms with E-state index in [4.69, 9.17) is 19.8 Å². The Morgan fingerprint density at radius 1 is 1.28 bits per heavy atom. The summed E-state index contributed by atoms with van der Waals surface area (Å²) < 4.78 is 10.9.